The SMILES string of the molecule is [Au+].[Cl-].[c-]1ccccc1-c1[c-]cccc1.c1ccc([PH+](CC[PH+](c2ccccc2)c2ccccc2)c2ccccc2)cc1. The van der Waals surface area contributed by atoms with E-state index in [1.165, 1.54) is 33.5 Å². The summed E-state index contributed by atoms with van der Waals surface area (Å²) in [5.41, 5.74) is 2.19. The minimum absolute atomic E-state index is 0. The molecule has 0 atom stereocenters. The Balaban J connectivity index is 0.000000291. The maximum atomic E-state index is 3.15. The van der Waals surface area contributed by atoms with Crippen LogP contribution >= 0.6 is 15.8 Å². The van der Waals surface area contributed by atoms with Gasteiger partial charge in [0.05, 0.1) is 37.1 Å². The number of halogens is 1. The quantitative estimate of drug-likeness (QED) is 0.120. The molecule has 0 aromatic heterocycles. The Morgan fingerprint density at radius 3 is 0.857 bits per heavy atom. The molecule has 0 N–H and O–H groups in total. The predicted molar refractivity (Wildman–Crippen MR) is 180 cm³/mol. The van der Waals surface area contributed by atoms with E-state index in [-0.39, 0.29) is 34.8 Å². The number of hydrogen-bond acceptors (Lipinski definition) is 0. The maximum Gasteiger partial charge on any atom is 1.00 e. The minimum Gasteiger partial charge on any atom is -1.00 e. The van der Waals surface area contributed by atoms with E-state index in [2.05, 4.69) is 133 Å². The Kier molecular flexibility index (Phi) is 15.0. The van der Waals surface area contributed by atoms with Gasteiger partial charge in [0, 0.05) is 0 Å². The Hall–Kier alpha value is -2.79. The van der Waals surface area contributed by atoms with Gasteiger partial charge in [0.25, 0.3) is 0 Å². The van der Waals surface area contributed by atoms with Crippen LogP contribution < -0.4 is 33.6 Å². The van der Waals surface area contributed by atoms with E-state index in [0.29, 0.717) is 0 Å². The number of hydrogen-bond donors (Lipinski definition) is 0. The summed E-state index contributed by atoms with van der Waals surface area (Å²) in [5, 5.41) is 6.06. The first-order valence-electron chi connectivity index (χ1n) is 13.8. The molecule has 0 heterocycles. The molecule has 214 valence electrons. The van der Waals surface area contributed by atoms with Crippen molar-refractivity contribution < 1.29 is 34.8 Å². The summed E-state index contributed by atoms with van der Waals surface area (Å²) in [5.74, 6) is 0. The van der Waals surface area contributed by atoms with Crippen LogP contribution in [0.5, 0.6) is 0 Å². The Morgan fingerprint density at radius 2 is 0.619 bits per heavy atom. The predicted octanol–water partition coefficient (Wildman–Crippen LogP) is 4.67. The van der Waals surface area contributed by atoms with Crippen LogP contribution in [-0.4, -0.2) is 12.3 Å². The second-order valence-corrected chi connectivity index (χ2v) is 14.7. The van der Waals surface area contributed by atoms with Crippen molar-refractivity contribution in [2.24, 2.45) is 0 Å². The van der Waals surface area contributed by atoms with E-state index in [1.54, 1.807) is 0 Å². The fourth-order valence-electron chi connectivity index (χ4n) is 4.84. The molecule has 0 nitrogen and oxygen atoms in total. The summed E-state index contributed by atoms with van der Waals surface area (Å²) in [4.78, 5) is 0. The van der Waals surface area contributed by atoms with E-state index < -0.39 is 15.8 Å². The van der Waals surface area contributed by atoms with Crippen LogP contribution in [0.25, 0.3) is 11.1 Å². The summed E-state index contributed by atoms with van der Waals surface area (Å²) in [7, 11) is -1.57. The molecule has 6 aromatic carbocycles. The van der Waals surface area contributed by atoms with Gasteiger partial charge < -0.3 is 12.4 Å². The molecular formula is C38H34AuClP2. The van der Waals surface area contributed by atoms with E-state index in [1.807, 2.05) is 48.5 Å². The van der Waals surface area contributed by atoms with Crippen molar-refractivity contribution >= 4 is 37.1 Å². The van der Waals surface area contributed by atoms with Gasteiger partial charge in [0.1, 0.15) is 12.3 Å². The van der Waals surface area contributed by atoms with Crippen molar-refractivity contribution in [2.75, 3.05) is 12.3 Å². The Morgan fingerprint density at radius 1 is 0.357 bits per heavy atom. The average molecular weight is 785 g/mol. The summed E-state index contributed by atoms with van der Waals surface area (Å²) >= 11 is 0. The van der Waals surface area contributed by atoms with E-state index in [9.17, 15) is 0 Å². The maximum absolute atomic E-state index is 3.15. The van der Waals surface area contributed by atoms with Crippen molar-refractivity contribution in [3.05, 3.63) is 182 Å². The van der Waals surface area contributed by atoms with Gasteiger partial charge in [-0.1, -0.05) is 72.8 Å². The largest absolute Gasteiger partial charge is 1.00 e. The molecule has 0 aliphatic heterocycles. The minimum atomic E-state index is -0.783. The van der Waals surface area contributed by atoms with Crippen LogP contribution in [0, 0.1) is 12.1 Å². The second kappa shape index (κ2) is 18.7. The fourth-order valence-corrected chi connectivity index (χ4v) is 11.0. The van der Waals surface area contributed by atoms with E-state index in [0.717, 1.165) is 11.1 Å². The van der Waals surface area contributed by atoms with Crippen LogP contribution in [0.3, 0.4) is 0 Å². The molecule has 0 amide bonds. The van der Waals surface area contributed by atoms with Gasteiger partial charge in [-0.05, 0) is 48.5 Å². The van der Waals surface area contributed by atoms with Gasteiger partial charge in [-0.25, -0.2) is 11.1 Å². The van der Waals surface area contributed by atoms with Crippen LogP contribution in [0.1, 0.15) is 0 Å². The standard InChI is InChI=1S/C26H24P2.C12H8.Au.ClH/c1-5-13-23(14-6-1)27(24-15-7-2-8-16-24)21-22-28(25-17-9-3-10-18-25)26-19-11-4-12-20-26;1-3-7-11(8-4-1)12-9-5-2-6-10-12;;/h1-20H,21-22H2;1-7,9H;;1H/q;-2;+1;/p+1. The smallest absolute Gasteiger partial charge is 1.00 e. The zero-order chi connectivity index (χ0) is 27.2. The molecule has 0 fully saturated rings. The summed E-state index contributed by atoms with van der Waals surface area (Å²) in [6, 6.07) is 66.6. The molecule has 4 heteroatoms. The van der Waals surface area contributed by atoms with Crippen LogP contribution in [0.15, 0.2) is 170 Å². The molecule has 0 spiro atoms. The molecule has 6 rings (SSSR count). The Bertz CT molecular complexity index is 1320. The molecule has 0 unspecified atom stereocenters. The van der Waals surface area contributed by atoms with Crippen LogP contribution in [0.2, 0.25) is 0 Å². The van der Waals surface area contributed by atoms with Gasteiger partial charge in [-0.15, -0.1) is 12.1 Å². The van der Waals surface area contributed by atoms with Crippen LogP contribution in [-0.2, 0) is 22.4 Å². The van der Waals surface area contributed by atoms with Gasteiger partial charge in [-0.3, -0.25) is 0 Å². The zero-order valence-electron chi connectivity index (χ0n) is 23.3. The van der Waals surface area contributed by atoms with Crippen molar-refractivity contribution in [1.29, 1.82) is 0 Å². The average Bonchev–Trinajstić information content (AvgIpc) is 3.06. The van der Waals surface area contributed by atoms with Gasteiger partial charge in [-0.2, -0.15) is 48.5 Å². The summed E-state index contributed by atoms with van der Waals surface area (Å²) < 4.78 is 0. The first-order valence-corrected chi connectivity index (χ1v) is 17.2. The zero-order valence-corrected chi connectivity index (χ0v) is 28.2. The second-order valence-electron chi connectivity index (χ2n) is 9.47. The molecule has 6 aromatic rings. The molecule has 42 heavy (non-hydrogen) atoms. The molecule has 0 radical (unpaired) electrons. The molecule has 0 saturated heterocycles. The van der Waals surface area contributed by atoms with E-state index >= 15 is 0 Å². The van der Waals surface area contributed by atoms with Gasteiger partial charge in [0.2, 0.25) is 0 Å². The van der Waals surface area contributed by atoms with Crippen molar-refractivity contribution in [2.45, 2.75) is 0 Å². The van der Waals surface area contributed by atoms with E-state index in [4.69, 9.17) is 0 Å². The third-order valence-electron chi connectivity index (χ3n) is 6.82. The molecule has 0 aliphatic rings. The number of rotatable bonds is 8. The Labute approximate surface area is 275 Å². The molecule has 0 bridgehead atoms. The first kappa shape index (κ1) is 33.7. The molecular weight excluding hydrogens is 751 g/mol. The normalized spacial score (nSPS) is 10.1. The van der Waals surface area contributed by atoms with Gasteiger partial charge >= 0.3 is 22.4 Å². The third-order valence-corrected chi connectivity index (χ3v) is 12.9. The topological polar surface area (TPSA) is 0 Å². The summed E-state index contributed by atoms with van der Waals surface area (Å²) in [6.45, 7) is 0. The third kappa shape index (κ3) is 9.90. The first-order chi connectivity index (χ1) is 19.9. The van der Waals surface area contributed by atoms with Crippen LogP contribution in [0.4, 0.5) is 0 Å². The molecule has 0 saturated carbocycles. The van der Waals surface area contributed by atoms with Crippen molar-refractivity contribution in [1.82, 2.24) is 0 Å². The number of benzene rings is 6. The van der Waals surface area contributed by atoms with Crippen molar-refractivity contribution in [3.8, 4) is 11.1 Å². The monoisotopic (exact) mass is 784 g/mol. The molecule has 0 aliphatic carbocycles. The van der Waals surface area contributed by atoms with Gasteiger partial charge in [0.15, 0.2) is 0 Å². The fraction of sp³-hybridized carbons (Fsp3) is 0.0526. The summed E-state index contributed by atoms with van der Waals surface area (Å²) in [6.07, 6.45) is 2.52. The van der Waals surface area contributed by atoms with Crippen molar-refractivity contribution in [3.63, 3.8) is 0 Å².